The number of benzene rings is 3. The van der Waals surface area contributed by atoms with E-state index in [0.29, 0.717) is 22.3 Å². The lowest BCUT2D eigenvalue weighted by Gasteiger charge is -2.09. The van der Waals surface area contributed by atoms with Crippen LogP contribution in [0.25, 0.3) is 32.8 Å². The van der Waals surface area contributed by atoms with E-state index in [9.17, 15) is 15.0 Å². The molecule has 0 saturated heterocycles. The number of aromatic hydroxyl groups is 1. The third-order valence-electron chi connectivity index (χ3n) is 4.00. The van der Waals surface area contributed by atoms with E-state index in [1.165, 1.54) is 6.07 Å². The van der Waals surface area contributed by atoms with Crippen molar-refractivity contribution in [3.8, 4) is 11.5 Å². The molecule has 0 aliphatic rings. The number of hydrogen-bond donors (Lipinski definition) is 2. The summed E-state index contributed by atoms with van der Waals surface area (Å²) in [6.07, 6.45) is 0. The third-order valence-corrected chi connectivity index (χ3v) is 4.00. The van der Waals surface area contributed by atoms with Crippen molar-refractivity contribution < 1.29 is 19.7 Å². The minimum absolute atomic E-state index is 0.158. The Morgan fingerprint density at radius 3 is 2.46 bits per heavy atom. The summed E-state index contributed by atoms with van der Waals surface area (Å²) in [4.78, 5) is 20.5. The summed E-state index contributed by atoms with van der Waals surface area (Å²) in [5, 5.41) is 20.9. The Bertz CT molecular complexity index is 1140. The smallest absolute Gasteiger partial charge is 0.341 e. The fourth-order valence-electron chi connectivity index (χ4n) is 2.91. The van der Waals surface area contributed by atoms with Crippen LogP contribution >= 0.6 is 0 Å². The molecule has 0 atom stereocenters. The number of nitrogens with zero attached hydrogens (tertiary/aromatic N) is 2. The van der Waals surface area contributed by atoms with Crippen molar-refractivity contribution in [2.75, 3.05) is 7.11 Å². The summed E-state index contributed by atoms with van der Waals surface area (Å²) in [6, 6.07) is 12.2. The first-order valence-electron chi connectivity index (χ1n) is 7.22. The van der Waals surface area contributed by atoms with Crippen LogP contribution in [0.3, 0.4) is 0 Å². The van der Waals surface area contributed by atoms with E-state index < -0.39 is 5.97 Å². The Kier molecular flexibility index (Phi) is 2.99. The van der Waals surface area contributed by atoms with Crippen molar-refractivity contribution in [2.45, 2.75) is 0 Å². The molecule has 1 aromatic heterocycles. The van der Waals surface area contributed by atoms with E-state index in [2.05, 4.69) is 9.97 Å². The van der Waals surface area contributed by atoms with Crippen molar-refractivity contribution in [2.24, 2.45) is 0 Å². The predicted octanol–water partition coefficient (Wildman–Crippen LogP) is 3.35. The molecule has 4 aromatic rings. The largest absolute Gasteiger partial charge is 0.507 e. The zero-order valence-corrected chi connectivity index (χ0v) is 12.6. The van der Waals surface area contributed by atoms with E-state index in [1.807, 2.05) is 30.3 Å². The van der Waals surface area contributed by atoms with E-state index in [-0.39, 0.29) is 16.8 Å². The molecule has 0 fully saturated rings. The summed E-state index contributed by atoms with van der Waals surface area (Å²) in [5.74, 6) is -0.878. The summed E-state index contributed by atoms with van der Waals surface area (Å²) < 4.78 is 5.36. The first-order valence-corrected chi connectivity index (χ1v) is 7.22. The SMILES string of the molecule is COc1cccc2c1ccc1nc3ccc(O)c(C(=O)O)c3nc12. The lowest BCUT2D eigenvalue weighted by molar-refractivity contribution is 0.0696. The van der Waals surface area contributed by atoms with Gasteiger partial charge in [0.1, 0.15) is 22.6 Å². The van der Waals surface area contributed by atoms with Crippen LogP contribution in [0.5, 0.6) is 11.5 Å². The number of aromatic carboxylic acids is 1. The molecule has 24 heavy (non-hydrogen) atoms. The zero-order chi connectivity index (χ0) is 16.8. The molecule has 0 amide bonds. The average molecular weight is 320 g/mol. The van der Waals surface area contributed by atoms with Crippen molar-refractivity contribution in [1.82, 2.24) is 9.97 Å². The van der Waals surface area contributed by atoms with Gasteiger partial charge in [0, 0.05) is 10.8 Å². The molecule has 0 aliphatic heterocycles. The minimum Gasteiger partial charge on any atom is -0.507 e. The minimum atomic E-state index is -1.25. The number of rotatable bonds is 2. The summed E-state index contributed by atoms with van der Waals surface area (Å²) in [6.45, 7) is 0. The maximum Gasteiger partial charge on any atom is 0.341 e. The number of methoxy groups -OCH3 is 1. The van der Waals surface area contributed by atoms with Gasteiger partial charge in [-0.1, -0.05) is 12.1 Å². The van der Waals surface area contributed by atoms with Gasteiger partial charge in [0.25, 0.3) is 0 Å². The fraction of sp³-hybridized carbons (Fsp3) is 0.0556. The summed E-state index contributed by atoms with van der Waals surface area (Å²) in [5.41, 5.74) is 1.53. The molecule has 0 spiro atoms. The second kappa shape index (κ2) is 5.06. The standard InChI is InChI=1S/C18H12N2O4/c1-24-14-4-2-3-10-9(14)5-6-11-16(10)20-17-12(19-11)7-8-13(21)15(17)18(22)23/h2-8,21H,1H3,(H,22,23). The molecule has 0 aliphatic carbocycles. The normalized spacial score (nSPS) is 11.2. The maximum atomic E-state index is 11.5. The molecule has 4 rings (SSSR count). The van der Waals surface area contributed by atoms with Crippen molar-refractivity contribution in [3.63, 3.8) is 0 Å². The van der Waals surface area contributed by atoms with Gasteiger partial charge in [-0.15, -0.1) is 0 Å². The first kappa shape index (κ1) is 14.2. The predicted molar refractivity (Wildman–Crippen MR) is 89.7 cm³/mol. The van der Waals surface area contributed by atoms with Gasteiger partial charge in [-0.05, 0) is 30.3 Å². The van der Waals surface area contributed by atoms with Crippen LogP contribution in [0.2, 0.25) is 0 Å². The van der Waals surface area contributed by atoms with Crippen LogP contribution in [0.15, 0.2) is 42.5 Å². The Labute approximate surface area is 136 Å². The van der Waals surface area contributed by atoms with Gasteiger partial charge < -0.3 is 14.9 Å². The number of hydrogen-bond acceptors (Lipinski definition) is 5. The van der Waals surface area contributed by atoms with Gasteiger partial charge in [-0.25, -0.2) is 14.8 Å². The Balaban J connectivity index is 2.21. The number of carbonyl (C=O) groups is 1. The highest BCUT2D eigenvalue weighted by Crippen LogP contribution is 2.32. The van der Waals surface area contributed by atoms with Crippen LogP contribution < -0.4 is 4.74 Å². The second-order valence-electron chi connectivity index (χ2n) is 5.34. The van der Waals surface area contributed by atoms with E-state index in [0.717, 1.165) is 10.8 Å². The first-order chi connectivity index (χ1) is 11.6. The highest BCUT2D eigenvalue weighted by molar-refractivity contribution is 6.10. The molecular weight excluding hydrogens is 308 g/mol. The molecule has 1 heterocycles. The molecule has 0 bridgehead atoms. The van der Waals surface area contributed by atoms with E-state index >= 15 is 0 Å². The fourth-order valence-corrected chi connectivity index (χ4v) is 2.91. The summed E-state index contributed by atoms with van der Waals surface area (Å²) >= 11 is 0. The van der Waals surface area contributed by atoms with Gasteiger partial charge in [-0.2, -0.15) is 0 Å². The quantitative estimate of drug-likeness (QED) is 0.434. The molecule has 2 N–H and O–H groups in total. The van der Waals surface area contributed by atoms with Gasteiger partial charge in [0.2, 0.25) is 0 Å². The highest BCUT2D eigenvalue weighted by atomic mass is 16.5. The zero-order valence-electron chi connectivity index (χ0n) is 12.6. The van der Waals surface area contributed by atoms with Crippen molar-refractivity contribution >= 4 is 38.8 Å². The van der Waals surface area contributed by atoms with Crippen LogP contribution in [0.1, 0.15) is 10.4 Å². The van der Waals surface area contributed by atoms with Crippen LogP contribution in [-0.2, 0) is 0 Å². The topological polar surface area (TPSA) is 92.5 Å². The number of carboxylic acid groups (broad SMARTS) is 1. The van der Waals surface area contributed by atoms with Crippen LogP contribution in [-0.4, -0.2) is 33.3 Å². The van der Waals surface area contributed by atoms with Crippen molar-refractivity contribution in [3.05, 3.63) is 48.0 Å². The number of ether oxygens (including phenoxy) is 1. The Hall–Kier alpha value is -3.41. The molecule has 118 valence electrons. The molecule has 0 saturated carbocycles. The monoisotopic (exact) mass is 320 g/mol. The van der Waals surface area contributed by atoms with Gasteiger partial charge in [-0.3, -0.25) is 0 Å². The molecule has 3 aromatic carbocycles. The van der Waals surface area contributed by atoms with Crippen LogP contribution in [0, 0.1) is 0 Å². The molecule has 6 heteroatoms. The van der Waals surface area contributed by atoms with Gasteiger partial charge in [0.15, 0.2) is 0 Å². The average Bonchev–Trinajstić information content (AvgIpc) is 2.59. The van der Waals surface area contributed by atoms with Gasteiger partial charge >= 0.3 is 5.97 Å². The van der Waals surface area contributed by atoms with Crippen LogP contribution in [0.4, 0.5) is 0 Å². The number of carboxylic acids is 1. The Morgan fingerprint density at radius 2 is 1.71 bits per heavy atom. The number of fused-ring (bicyclic) bond motifs is 4. The highest BCUT2D eigenvalue weighted by Gasteiger charge is 2.18. The lowest BCUT2D eigenvalue weighted by Crippen LogP contribution is -2.01. The molecular formula is C18H12N2O4. The van der Waals surface area contributed by atoms with Gasteiger partial charge in [0.05, 0.1) is 23.7 Å². The Morgan fingerprint density at radius 1 is 0.958 bits per heavy atom. The second-order valence-corrected chi connectivity index (χ2v) is 5.34. The third kappa shape index (κ3) is 1.93. The van der Waals surface area contributed by atoms with E-state index in [1.54, 1.807) is 13.2 Å². The van der Waals surface area contributed by atoms with Crippen molar-refractivity contribution in [1.29, 1.82) is 0 Å². The molecule has 0 unspecified atom stereocenters. The molecule has 0 radical (unpaired) electrons. The maximum absolute atomic E-state index is 11.5. The summed E-state index contributed by atoms with van der Waals surface area (Å²) in [7, 11) is 1.59. The van der Waals surface area contributed by atoms with E-state index in [4.69, 9.17) is 4.74 Å². The lowest BCUT2D eigenvalue weighted by atomic mass is 10.1. The molecule has 6 nitrogen and oxygen atoms in total. The number of phenols is 1. The number of aromatic nitrogens is 2.